The molecule has 0 saturated carbocycles. The first-order valence-corrected chi connectivity index (χ1v) is 6.49. The molecule has 18 heavy (non-hydrogen) atoms. The van der Waals surface area contributed by atoms with Crippen molar-refractivity contribution >= 4 is 5.78 Å². The van der Waals surface area contributed by atoms with Crippen LogP contribution in [0, 0.1) is 5.92 Å². The molecule has 0 N–H and O–H groups in total. The van der Waals surface area contributed by atoms with E-state index in [1.807, 2.05) is 45.9 Å². The van der Waals surface area contributed by atoms with Crippen LogP contribution in [-0.4, -0.2) is 25.1 Å². The minimum Gasteiger partial charge on any atom is -0.493 e. The zero-order valence-electron chi connectivity index (χ0n) is 11.6. The van der Waals surface area contributed by atoms with E-state index in [0.29, 0.717) is 24.5 Å². The van der Waals surface area contributed by atoms with E-state index < -0.39 is 6.10 Å². The molecular formula is C15H22O3. The van der Waals surface area contributed by atoms with Crippen LogP contribution in [0.25, 0.3) is 0 Å². The molecule has 0 fully saturated rings. The van der Waals surface area contributed by atoms with Crippen molar-refractivity contribution in [1.82, 2.24) is 0 Å². The maximum atomic E-state index is 12.5. The maximum Gasteiger partial charge on any atom is 0.195 e. The highest BCUT2D eigenvalue weighted by atomic mass is 16.5. The topological polar surface area (TPSA) is 35.5 Å². The average Bonchev–Trinajstić information content (AvgIpc) is 2.36. The van der Waals surface area contributed by atoms with E-state index in [-0.39, 0.29) is 11.7 Å². The standard InChI is InChI=1S/C15H22O3/c1-5-17-13-10-8-7-9-12(13)14(16)15(11(3)4)18-6-2/h7-11,15H,5-6H2,1-4H3. The molecule has 1 aromatic carbocycles. The monoisotopic (exact) mass is 250 g/mol. The number of ether oxygens (including phenoxy) is 2. The molecule has 1 unspecified atom stereocenters. The molecular weight excluding hydrogens is 228 g/mol. The Morgan fingerprint density at radius 1 is 1.17 bits per heavy atom. The fourth-order valence-electron chi connectivity index (χ4n) is 1.86. The average molecular weight is 250 g/mol. The fraction of sp³-hybridized carbons (Fsp3) is 0.533. The van der Waals surface area contributed by atoms with Crippen LogP contribution in [0.5, 0.6) is 5.75 Å². The van der Waals surface area contributed by atoms with Gasteiger partial charge in [-0.3, -0.25) is 4.79 Å². The lowest BCUT2D eigenvalue weighted by Crippen LogP contribution is -2.30. The number of carbonyl (C=O) groups excluding carboxylic acids is 1. The van der Waals surface area contributed by atoms with Crippen molar-refractivity contribution in [2.75, 3.05) is 13.2 Å². The molecule has 0 aromatic heterocycles. The number of carbonyl (C=O) groups is 1. The second kappa shape index (κ2) is 7.17. The van der Waals surface area contributed by atoms with Gasteiger partial charge in [-0.15, -0.1) is 0 Å². The van der Waals surface area contributed by atoms with Crippen molar-refractivity contribution in [3.8, 4) is 5.75 Å². The van der Waals surface area contributed by atoms with Crippen LogP contribution in [-0.2, 0) is 4.74 Å². The van der Waals surface area contributed by atoms with Gasteiger partial charge in [-0.2, -0.15) is 0 Å². The number of rotatable bonds is 7. The summed E-state index contributed by atoms with van der Waals surface area (Å²) in [6.07, 6.45) is -0.406. The Balaban J connectivity index is 3.00. The third kappa shape index (κ3) is 3.57. The first-order valence-electron chi connectivity index (χ1n) is 6.49. The fourth-order valence-corrected chi connectivity index (χ4v) is 1.86. The summed E-state index contributed by atoms with van der Waals surface area (Å²) in [5, 5.41) is 0. The van der Waals surface area contributed by atoms with E-state index in [2.05, 4.69) is 0 Å². The number of Topliss-reactive ketones (excluding diaryl/α,β-unsaturated/α-hetero) is 1. The number of hydrogen-bond donors (Lipinski definition) is 0. The summed E-state index contributed by atoms with van der Waals surface area (Å²) in [6, 6.07) is 7.33. The lowest BCUT2D eigenvalue weighted by Gasteiger charge is -2.20. The minimum atomic E-state index is -0.406. The lowest BCUT2D eigenvalue weighted by molar-refractivity contribution is 0.0277. The van der Waals surface area contributed by atoms with E-state index >= 15 is 0 Å². The predicted molar refractivity (Wildman–Crippen MR) is 72.2 cm³/mol. The van der Waals surface area contributed by atoms with Gasteiger partial charge in [-0.25, -0.2) is 0 Å². The zero-order valence-corrected chi connectivity index (χ0v) is 11.6. The summed E-state index contributed by atoms with van der Waals surface area (Å²) >= 11 is 0. The van der Waals surface area contributed by atoms with Crippen LogP contribution >= 0.6 is 0 Å². The normalized spacial score (nSPS) is 12.5. The Morgan fingerprint density at radius 3 is 2.39 bits per heavy atom. The molecule has 1 aromatic rings. The van der Waals surface area contributed by atoms with Gasteiger partial charge in [0.15, 0.2) is 5.78 Å². The van der Waals surface area contributed by atoms with Crippen molar-refractivity contribution in [3.63, 3.8) is 0 Å². The van der Waals surface area contributed by atoms with Crippen LogP contribution in [0.1, 0.15) is 38.1 Å². The van der Waals surface area contributed by atoms with Gasteiger partial charge in [0.25, 0.3) is 0 Å². The second-order valence-corrected chi connectivity index (χ2v) is 4.41. The van der Waals surface area contributed by atoms with Gasteiger partial charge in [0.05, 0.1) is 12.2 Å². The quantitative estimate of drug-likeness (QED) is 0.696. The van der Waals surface area contributed by atoms with Crippen molar-refractivity contribution in [1.29, 1.82) is 0 Å². The summed E-state index contributed by atoms with van der Waals surface area (Å²) < 4.78 is 11.0. The van der Waals surface area contributed by atoms with Crippen LogP contribution < -0.4 is 4.74 Å². The van der Waals surface area contributed by atoms with Crippen LogP contribution in [0.15, 0.2) is 24.3 Å². The van der Waals surface area contributed by atoms with Gasteiger partial charge in [-0.05, 0) is 31.9 Å². The molecule has 0 amide bonds. The molecule has 0 aliphatic carbocycles. The molecule has 0 heterocycles. The van der Waals surface area contributed by atoms with E-state index in [1.165, 1.54) is 0 Å². The van der Waals surface area contributed by atoms with Crippen molar-refractivity contribution in [2.45, 2.75) is 33.8 Å². The maximum absolute atomic E-state index is 12.5. The van der Waals surface area contributed by atoms with Gasteiger partial charge in [0, 0.05) is 6.61 Å². The summed E-state index contributed by atoms with van der Waals surface area (Å²) in [5.74, 6) is 0.776. The Labute approximate surface area is 109 Å². The van der Waals surface area contributed by atoms with Crippen LogP contribution in [0.2, 0.25) is 0 Å². The Morgan fingerprint density at radius 2 is 1.83 bits per heavy atom. The zero-order chi connectivity index (χ0) is 13.5. The Kier molecular flexibility index (Phi) is 5.86. The van der Waals surface area contributed by atoms with Crippen molar-refractivity contribution in [3.05, 3.63) is 29.8 Å². The third-order valence-corrected chi connectivity index (χ3v) is 2.66. The van der Waals surface area contributed by atoms with Gasteiger partial charge in [0.1, 0.15) is 11.9 Å². The van der Waals surface area contributed by atoms with Gasteiger partial charge < -0.3 is 9.47 Å². The molecule has 3 nitrogen and oxygen atoms in total. The van der Waals surface area contributed by atoms with Gasteiger partial charge in [0.2, 0.25) is 0 Å². The molecule has 1 rings (SSSR count). The largest absolute Gasteiger partial charge is 0.493 e. The molecule has 3 heteroatoms. The van der Waals surface area contributed by atoms with E-state index in [4.69, 9.17) is 9.47 Å². The molecule has 0 radical (unpaired) electrons. The predicted octanol–water partition coefficient (Wildman–Crippen LogP) is 3.33. The number of ketones is 1. The van der Waals surface area contributed by atoms with E-state index in [0.717, 1.165) is 0 Å². The smallest absolute Gasteiger partial charge is 0.195 e. The first-order chi connectivity index (χ1) is 8.61. The van der Waals surface area contributed by atoms with Crippen molar-refractivity contribution in [2.24, 2.45) is 5.92 Å². The number of benzene rings is 1. The summed E-state index contributed by atoms with van der Waals surface area (Å²) in [7, 11) is 0. The van der Waals surface area contributed by atoms with Gasteiger partial charge >= 0.3 is 0 Å². The highest BCUT2D eigenvalue weighted by Crippen LogP contribution is 2.23. The molecule has 0 bridgehead atoms. The van der Waals surface area contributed by atoms with Crippen LogP contribution in [0.3, 0.4) is 0 Å². The second-order valence-electron chi connectivity index (χ2n) is 4.41. The van der Waals surface area contributed by atoms with E-state index in [1.54, 1.807) is 6.07 Å². The third-order valence-electron chi connectivity index (χ3n) is 2.66. The first kappa shape index (κ1) is 14.7. The van der Waals surface area contributed by atoms with Crippen molar-refractivity contribution < 1.29 is 14.3 Å². The minimum absolute atomic E-state index is 0.00380. The lowest BCUT2D eigenvalue weighted by atomic mass is 9.97. The molecule has 0 spiro atoms. The van der Waals surface area contributed by atoms with E-state index in [9.17, 15) is 4.79 Å². The number of hydrogen-bond acceptors (Lipinski definition) is 3. The molecule has 100 valence electrons. The van der Waals surface area contributed by atoms with Crippen LogP contribution in [0.4, 0.5) is 0 Å². The highest BCUT2D eigenvalue weighted by molar-refractivity contribution is 6.02. The van der Waals surface area contributed by atoms with Gasteiger partial charge in [-0.1, -0.05) is 26.0 Å². The molecule has 0 saturated heterocycles. The summed E-state index contributed by atoms with van der Waals surface area (Å²) in [6.45, 7) is 8.86. The molecule has 1 atom stereocenters. The molecule has 0 aliphatic rings. The number of para-hydroxylation sites is 1. The Bertz CT molecular complexity index is 385. The Hall–Kier alpha value is -1.35. The highest BCUT2D eigenvalue weighted by Gasteiger charge is 2.25. The SMILES string of the molecule is CCOc1ccccc1C(=O)C(OCC)C(C)C. The summed E-state index contributed by atoms with van der Waals surface area (Å²) in [5.41, 5.74) is 0.603. The molecule has 0 aliphatic heterocycles. The summed E-state index contributed by atoms with van der Waals surface area (Å²) in [4.78, 5) is 12.5.